The molecule has 1 saturated heterocycles. The molecule has 208 valence electrons. The zero-order valence-corrected chi connectivity index (χ0v) is 23.3. The smallest absolute Gasteiger partial charge is 0.350 e. The fraction of sp³-hybridized carbons (Fsp3) is 0.423. The Hall–Kier alpha value is -4.13. The number of amides is 1. The third kappa shape index (κ3) is 6.85. The molecule has 0 bridgehead atoms. The van der Waals surface area contributed by atoms with Crippen LogP contribution < -0.4 is 30.7 Å². The van der Waals surface area contributed by atoms with Crippen LogP contribution in [0.4, 0.5) is 22.7 Å². The summed E-state index contributed by atoms with van der Waals surface area (Å²) in [5, 5.41) is 6.94. The van der Waals surface area contributed by atoms with Crippen molar-refractivity contribution in [3.63, 3.8) is 0 Å². The molecule has 3 heterocycles. The Morgan fingerprint density at radius 3 is 2.67 bits per heavy atom. The summed E-state index contributed by atoms with van der Waals surface area (Å²) >= 11 is 1.17. The van der Waals surface area contributed by atoms with Crippen LogP contribution >= 0.6 is 11.3 Å². The van der Waals surface area contributed by atoms with Crippen LogP contribution in [-0.4, -0.2) is 60.7 Å². The highest BCUT2D eigenvalue weighted by molar-refractivity contribution is 7.17. The largest absolute Gasteiger partial charge is 0.493 e. The van der Waals surface area contributed by atoms with Gasteiger partial charge in [0, 0.05) is 25.7 Å². The van der Waals surface area contributed by atoms with E-state index in [4.69, 9.17) is 24.9 Å². The number of ether oxygens (including phenoxy) is 3. The number of piperidine rings is 1. The number of hydrogen-bond donors (Lipinski definition) is 3. The van der Waals surface area contributed by atoms with Crippen LogP contribution in [0.2, 0.25) is 0 Å². The Labute approximate surface area is 230 Å². The number of esters is 1. The molecule has 1 atom stereocenters. The van der Waals surface area contributed by atoms with Gasteiger partial charge in [-0.15, -0.1) is 0 Å². The van der Waals surface area contributed by atoms with Gasteiger partial charge in [-0.05, 0) is 44.4 Å². The number of nitrogens with one attached hydrogen (secondary N) is 2. The van der Waals surface area contributed by atoms with E-state index >= 15 is 0 Å². The standard InChI is InChI=1S/C26H33N7O5S/c1-5-38-24(35)22-15(2)29-26(39-22)32-25-30-20(28-13-16-8-9-18(36-3)19(11-16)37-4)12-21(31-25)33-10-6-7-17(14-33)23(27)34/h8-9,11-12,17H,5-7,10,13-14H2,1-4H3,(H2,27,34)(H2,28,29,30,31,32). The highest BCUT2D eigenvalue weighted by Gasteiger charge is 2.26. The van der Waals surface area contributed by atoms with Crippen molar-refractivity contribution >= 4 is 45.9 Å². The predicted molar refractivity (Wildman–Crippen MR) is 149 cm³/mol. The summed E-state index contributed by atoms with van der Waals surface area (Å²) < 4.78 is 15.9. The van der Waals surface area contributed by atoms with Crippen LogP contribution in [-0.2, 0) is 16.1 Å². The van der Waals surface area contributed by atoms with Gasteiger partial charge in [0.25, 0.3) is 0 Å². The highest BCUT2D eigenvalue weighted by atomic mass is 32.1. The molecule has 0 aliphatic carbocycles. The van der Waals surface area contributed by atoms with Crippen molar-refractivity contribution < 1.29 is 23.8 Å². The Kier molecular flexibility index (Phi) is 9.02. The number of benzene rings is 1. The average Bonchev–Trinajstić information content (AvgIpc) is 3.31. The van der Waals surface area contributed by atoms with Crippen molar-refractivity contribution in [2.45, 2.75) is 33.2 Å². The second kappa shape index (κ2) is 12.6. The van der Waals surface area contributed by atoms with Gasteiger partial charge in [0.15, 0.2) is 16.6 Å². The highest BCUT2D eigenvalue weighted by Crippen LogP contribution is 2.30. The molecule has 1 aliphatic heterocycles. The summed E-state index contributed by atoms with van der Waals surface area (Å²) in [6.45, 7) is 5.46. The normalized spacial score (nSPS) is 15.0. The fourth-order valence-electron chi connectivity index (χ4n) is 4.28. The van der Waals surface area contributed by atoms with E-state index in [0.717, 1.165) is 24.9 Å². The second-order valence-electron chi connectivity index (χ2n) is 8.94. The van der Waals surface area contributed by atoms with Gasteiger partial charge in [0.2, 0.25) is 11.9 Å². The fourth-order valence-corrected chi connectivity index (χ4v) is 5.13. The number of thiazole rings is 1. The van der Waals surface area contributed by atoms with Crippen LogP contribution in [0.5, 0.6) is 11.5 Å². The van der Waals surface area contributed by atoms with Crippen molar-refractivity contribution in [2.24, 2.45) is 11.7 Å². The number of aryl methyl sites for hydroxylation is 1. The van der Waals surface area contributed by atoms with E-state index in [0.29, 0.717) is 57.9 Å². The van der Waals surface area contributed by atoms with Crippen LogP contribution in [0, 0.1) is 12.8 Å². The van der Waals surface area contributed by atoms with E-state index in [9.17, 15) is 9.59 Å². The second-order valence-corrected chi connectivity index (χ2v) is 9.94. The molecule has 0 saturated carbocycles. The van der Waals surface area contributed by atoms with Crippen LogP contribution in [0.3, 0.4) is 0 Å². The lowest BCUT2D eigenvalue weighted by Gasteiger charge is -2.32. The summed E-state index contributed by atoms with van der Waals surface area (Å²) in [5.41, 5.74) is 7.12. The van der Waals surface area contributed by atoms with Crippen molar-refractivity contribution in [1.82, 2.24) is 15.0 Å². The molecular weight excluding hydrogens is 522 g/mol. The van der Waals surface area contributed by atoms with Gasteiger partial charge in [-0.25, -0.2) is 9.78 Å². The van der Waals surface area contributed by atoms with Gasteiger partial charge < -0.3 is 30.2 Å². The Balaban J connectivity index is 1.61. The van der Waals surface area contributed by atoms with Gasteiger partial charge in [0.1, 0.15) is 16.5 Å². The molecule has 0 radical (unpaired) electrons. The van der Waals surface area contributed by atoms with Gasteiger partial charge in [0.05, 0.1) is 32.4 Å². The number of nitrogens with two attached hydrogens (primary N) is 1. The first-order chi connectivity index (χ1) is 18.8. The zero-order chi connectivity index (χ0) is 27.9. The van der Waals surface area contributed by atoms with E-state index in [1.807, 2.05) is 29.2 Å². The van der Waals surface area contributed by atoms with Crippen molar-refractivity contribution in [3.05, 3.63) is 40.4 Å². The SMILES string of the molecule is CCOC(=O)c1sc(Nc2nc(NCc3ccc(OC)c(OC)c3)cc(N3CCCC(C(N)=O)C3)n2)nc1C. The molecule has 4 rings (SSSR count). The Morgan fingerprint density at radius 2 is 1.95 bits per heavy atom. The summed E-state index contributed by atoms with van der Waals surface area (Å²) in [7, 11) is 3.19. The Bertz CT molecular complexity index is 1330. The lowest BCUT2D eigenvalue weighted by Crippen LogP contribution is -2.41. The lowest BCUT2D eigenvalue weighted by molar-refractivity contribution is -0.122. The van der Waals surface area contributed by atoms with E-state index in [-0.39, 0.29) is 18.4 Å². The number of rotatable bonds is 11. The minimum atomic E-state index is -0.418. The lowest BCUT2D eigenvalue weighted by atomic mass is 9.97. The van der Waals surface area contributed by atoms with Crippen LogP contribution in [0.25, 0.3) is 0 Å². The molecule has 12 nitrogen and oxygen atoms in total. The number of carbonyl (C=O) groups excluding carboxylic acids is 2. The number of primary amides is 1. The molecule has 13 heteroatoms. The molecule has 39 heavy (non-hydrogen) atoms. The minimum absolute atomic E-state index is 0.248. The zero-order valence-electron chi connectivity index (χ0n) is 22.4. The molecule has 1 amide bonds. The predicted octanol–water partition coefficient (Wildman–Crippen LogP) is 3.49. The van der Waals surface area contributed by atoms with Gasteiger partial charge in [-0.1, -0.05) is 17.4 Å². The van der Waals surface area contributed by atoms with Crippen LogP contribution in [0.1, 0.15) is 40.7 Å². The van der Waals surface area contributed by atoms with E-state index in [1.54, 1.807) is 28.1 Å². The summed E-state index contributed by atoms with van der Waals surface area (Å²) in [6.07, 6.45) is 1.57. The first-order valence-corrected chi connectivity index (χ1v) is 13.4. The first kappa shape index (κ1) is 27.9. The van der Waals surface area contributed by atoms with Crippen molar-refractivity contribution in [1.29, 1.82) is 0 Å². The Morgan fingerprint density at radius 1 is 1.15 bits per heavy atom. The van der Waals surface area contributed by atoms with E-state index < -0.39 is 5.97 Å². The molecule has 1 aromatic carbocycles. The topological polar surface area (TPSA) is 154 Å². The van der Waals surface area contributed by atoms with E-state index in [1.165, 1.54) is 11.3 Å². The number of nitrogens with zero attached hydrogens (tertiary/aromatic N) is 4. The van der Waals surface area contributed by atoms with Crippen molar-refractivity contribution in [2.75, 3.05) is 49.4 Å². The number of aromatic nitrogens is 3. The average molecular weight is 556 g/mol. The quantitative estimate of drug-likeness (QED) is 0.298. The number of hydrogen-bond acceptors (Lipinski definition) is 12. The van der Waals surface area contributed by atoms with E-state index in [2.05, 4.69) is 20.6 Å². The van der Waals surface area contributed by atoms with Crippen molar-refractivity contribution in [3.8, 4) is 11.5 Å². The number of methoxy groups -OCH3 is 2. The maximum atomic E-state index is 12.3. The maximum absolute atomic E-state index is 12.3. The molecule has 1 unspecified atom stereocenters. The molecular formula is C26H33N7O5S. The summed E-state index contributed by atoms with van der Waals surface area (Å²) in [6, 6.07) is 7.52. The molecule has 0 spiro atoms. The molecule has 1 aliphatic rings. The molecule has 4 N–H and O–H groups in total. The maximum Gasteiger partial charge on any atom is 0.350 e. The molecule has 2 aromatic heterocycles. The number of carbonyl (C=O) groups is 2. The monoisotopic (exact) mass is 555 g/mol. The summed E-state index contributed by atoms with van der Waals surface area (Å²) in [5.74, 6) is 1.80. The van der Waals surface area contributed by atoms with Gasteiger partial charge in [-0.2, -0.15) is 9.97 Å². The number of anilines is 4. The van der Waals surface area contributed by atoms with Gasteiger partial charge >= 0.3 is 5.97 Å². The van der Waals surface area contributed by atoms with Gasteiger partial charge in [-0.3, -0.25) is 10.1 Å². The minimum Gasteiger partial charge on any atom is -0.493 e. The molecule has 1 fully saturated rings. The van der Waals surface area contributed by atoms with Crippen LogP contribution in [0.15, 0.2) is 24.3 Å². The third-order valence-electron chi connectivity index (χ3n) is 6.26. The third-order valence-corrected chi connectivity index (χ3v) is 7.31. The summed E-state index contributed by atoms with van der Waals surface area (Å²) in [4.78, 5) is 40.4. The molecule has 3 aromatic rings. The first-order valence-electron chi connectivity index (χ1n) is 12.6.